The highest BCUT2D eigenvalue weighted by atomic mass is 32.2. The summed E-state index contributed by atoms with van der Waals surface area (Å²) in [5, 5.41) is 4.69. The second-order valence-corrected chi connectivity index (χ2v) is 11.0. The molecule has 1 aliphatic heterocycles. The summed E-state index contributed by atoms with van der Waals surface area (Å²) in [6.07, 6.45) is 0.627. The highest BCUT2D eigenvalue weighted by molar-refractivity contribution is 7.91. The molecule has 1 amide bonds. The average Bonchev–Trinajstić information content (AvgIpc) is 3.41. The first-order valence-electron chi connectivity index (χ1n) is 10.8. The number of benzene rings is 3. The Labute approximate surface area is 202 Å². The van der Waals surface area contributed by atoms with Gasteiger partial charge >= 0.3 is 0 Å². The number of rotatable bonds is 6. The van der Waals surface area contributed by atoms with Crippen LogP contribution in [0.1, 0.15) is 21.5 Å². The number of nitrogens with zero attached hydrogens (tertiary/aromatic N) is 1. The topological polar surface area (TPSA) is 75.7 Å². The zero-order valence-corrected chi connectivity index (χ0v) is 19.8. The zero-order chi connectivity index (χ0) is 23.5. The number of anilines is 1. The lowest BCUT2D eigenvalue weighted by Crippen LogP contribution is -2.35. The highest BCUT2D eigenvalue weighted by Gasteiger charge is 2.29. The minimum atomic E-state index is -3.53. The number of ether oxygens (including phenoxy) is 1. The van der Waals surface area contributed by atoms with Crippen LogP contribution in [0.5, 0.6) is 11.5 Å². The number of sulfonamides is 1. The van der Waals surface area contributed by atoms with E-state index in [4.69, 9.17) is 4.74 Å². The number of amides is 1. The molecule has 172 valence electrons. The number of thiophene rings is 1. The predicted molar refractivity (Wildman–Crippen MR) is 133 cm³/mol. The third kappa shape index (κ3) is 4.61. The Bertz CT molecular complexity index is 1420. The normalized spacial score (nSPS) is 13.8. The lowest BCUT2D eigenvalue weighted by atomic mass is 10.0. The van der Waals surface area contributed by atoms with E-state index in [1.807, 2.05) is 54.6 Å². The maximum atomic E-state index is 13.1. The first-order chi connectivity index (χ1) is 16.5. The first kappa shape index (κ1) is 22.3. The monoisotopic (exact) mass is 490 g/mol. The Morgan fingerprint density at radius 2 is 1.71 bits per heavy atom. The summed E-state index contributed by atoms with van der Waals surface area (Å²) < 4.78 is 33.6. The van der Waals surface area contributed by atoms with Crippen molar-refractivity contribution in [2.45, 2.75) is 17.2 Å². The lowest BCUT2D eigenvalue weighted by molar-refractivity contribution is 0.102. The highest BCUT2D eigenvalue weighted by Crippen LogP contribution is 2.30. The molecule has 0 aliphatic carbocycles. The van der Waals surface area contributed by atoms with Crippen LogP contribution in [-0.4, -0.2) is 25.2 Å². The van der Waals surface area contributed by atoms with Crippen LogP contribution in [0.3, 0.4) is 0 Å². The second kappa shape index (κ2) is 9.42. The Morgan fingerprint density at radius 3 is 2.50 bits per heavy atom. The molecule has 0 atom stereocenters. The third-order valence-corrected chi connectivity index (χ3v) is 8.85. The van der Waals surface area contributed by atoms with Crippen LogP contribution < -0.4 is 10.1 Å². The minimum Gasteiger partial charge on any atom is -0.457 e. The van der Waals surface area contributed by atoms with Crippen LogP contribution in [-0.2, 0) is 23.0 Å². The molecule has 8 heteroatoms. The van der Waals surface area contributed by atoms with E-state index in [2.05, 4.69) is 5.32 Å². The van der Waals surface area contributed by atoms with Gasteiger partial charge in [-0.05, 0) is 65.4 Å². The fourth-order valence-electron chi connectivity index (χ4n) is 3.91. The minimum absolute atomic E-state index is 0.271. The van der Waals surface area contributed by atoms with Crippen LogP contribution in [0, 0.1) is 0 Å². The number of para-hydroxylation sites is 2. The van der Waals surface area contributed by atoms with Gasteiger partial charge in [0.05, 0.1) is 5.56 Å². The molecule has 6 nitrogen and oxygen atoms in total. The zero-order valence-electron chi connectivity index (χ0n) is 18.2. The fraction of sp³-hybridized carbons (Fsp3) is 0.115. The molecular weight excluding hydrogens is 468 g/mol. The number of carbonyl (C=O) groups excluding carboxylic acids is 1. The summed E-state index contributed by atoms with van der Waals surface area (Å²) in [6.45, 7) is 0.704. The Balaban J connectivity index is 1.35. The Morgan fingerprint density at radius 1 is 0.912 bits per heavy atom. The summed E-state index contributed by atoms with van der Waals surface area (Å²) in [5.41, 5.74) is 2.99. The van der Waals surface area contributed by atoms with Gasteiger partial charge in [0.2, 0.25) is 0 Å². The van der Waals surface area contributed by atoms with E-state index in [0.29, 0.717) is 39.9 Å². The number of carbonyl (C=O) groups is 1. The molecule has 3 aromatic carbocycles. The van der Waals surface area contributed by atoms with Gasteiger partial charge in [0.1, 0.15) is 15.7 Å². The van der Waals surface area contributed by atoms with Gasteiger partial charge < -0.3 is 10.1 Å². The van der Waals surface area contributed by atoms with Gasteiger partial charge in [-0.25, -0.2) is 8.42 Å². The average molecular weight is 491 g/mol. The summed E-state index contributed by atoms with van der Waals surface area (Å²) >= 11 is 1.22. The van der Waals surface area contributed by atoms with E-state index in [1.165, 1.54) is 15.6 Å². The van der Waals surface area contributed by atoms with E-state index >= 15 is 0 Å². The van der Waals surface area contributed by atoms with E-state index in [1.54, 1.807) is 35.7 Å². The number of fused-ring (bicyclic) bond motifs is 1. The quantitative estimate of drug-likeness (QED) is 0.385. The van der Waals surface area contributed by atoms with Crippen molar-refractivity contribution < 1.29 is 17.9 Å². The standard InChI is InChI=1S/C26H22N2O4S2/c29-26(23-9-4-5-10-24(23)32-22-7-2-1-3-8-22)27-21-13-12-19-14-15-28(18-20(19)17-21)34(30,31)25-11-6-16-33-25/h1-13,16-17H,14-15,18H2,(H,27,29). The van der Waals surface area contributed by atoms with Crippen molar-refractivity contribution in [3.8, 4) is 11.5 Å². The SMILES string of the molecule is O=C(Nc1ccc2c(c1)CN(S(=O)(=O)c1cccs1)CC2)c1ccccc1Oc1ccccc1. The van der Waals surface area contributed by atoms with Gasteiger partial charge in [0, 0.05) is 18.8 Å². The smallest absolute Gasteiger partial charge is 0.259 e. The van der Waals surface area contributed by atoms with Gasteiger partial charge in [-0.1, -0.05) is 42.5 Å². The Hall–Kier alpha value is -3.46. The van der Waals surface area contributed by atoms with Crippen molar-refractivity contribution in [3.63, 3.8) is 0 Å². The molecule has 0 fully saturated rings. The molecule has 1 N–H and O–H groups in total. The number of hydrogen-bond donors (Lipinski definition) is 1. The van der Waals surface area contributed by atoms with Crippen LogP contribution in [0.25, 0.3) is 0 Å². The van der Waals surface area contributed by atoms with Gasteiger partial charge in [-0.2, -0.15) is 4.31 Å². The van der Waals surface area contributed by atoms with Crippen LogP contribution in [0.15, 0.2) is 94.5 Å². The molecule has 5 rings (SSSR count). The van der Waals surface area contributed by atoms with Gasteiger partial charge in [0.15, 0.2) is 0 Å². The molecule has 4 aromatic rings. The second-order valence-electron chi connectivity index (χ2n) is 7.87. The van der Waals surface area contributed by atoms with Gasteiger partial charge in [0.25, 0.3) is 15.9 Å². The van der Waals surface area contributed by atoms with E-state index in [0.717, 1.165) is 11.1 Å². The number of hydrogen-bond acceptors (Lipinski definition) is 5. The molecule has 1 aromatic heterocycles. The van der Waals surface area contributed by atoms with E-state index < -0.39 is 10.0 Å². The molecular formula is C26H22N2O4S2. The van der Waals surface area contributed by atoms with Crippen molar-refractivity contribution in [1.29, 1.82) is 0 Å². The largest absolute Gasteiger partial charge is 0.457 e. The lowest BCUT2D eigenvalue weighted by Gasteiger charge is -2.28. The summed E-state index contributed by atoms with van der Waals surface area (Å²) in [4.78, 5) is 13.1. The molecule has 0 saturated heterocycles. The summed E-state index contributed by atoms with van der Waals surface area (Å²) in [6, 6.07) is 25.4. The van der Waals surface area contributed by atoms with Crippen LogP contribution >= 0.6 is 11.3 Å². The van der Waals surface area contributed by atoms with Crippen molar-refractivity contribution in [1.82, 2.24) is 4.31 Å². The van der Waals surface area contributed by atoms with E-state index in [9.17, 15) is 13.2 Å². The van der Waals surface area contributed by atoms with E-state index in [-0.39, 0.29) is 12.5 Å². The summed E-state index contributed by atoms with van der Waals surface area (Å²) in [5.74, 6) is 0.798. The molecule has 0 unspecified atom stereocenters. The molecule has 0 saturated carbocycles. The molecule has 0 radical (unpaired) electrons. The molecule has 2 heterocycles. The maximum absolute atomic E-state index is 13.1. The van der Waals surface area contributed by atoms with Crippen molar-refractivity contribution in [2.24, 2.45) is 0 Å². The first-order valence-corrected chi connectivity index (χ1v) is 13.1. The molecule has 1 aliphatic rings. The maximum Gasteiger partial charge on any atom is 0.259 e. The number of nitrogens with one attached hydrogen (secondary N) is 1. The van der Waals surface area contributed by atoms with Crippen LogP contribution in [0.2, 0.25) is 0 Å². The van der Waals surface area contributed by atoms with Gasteiger partial charge in [-0.3, -0.25) is 4.79 Å². The fourth-order valence-corrected chi connectivity index (χ4v) is 6.47. The third-order valence-electron chi connectivity index (χ3n) is 5.63. The Kier molecular flexibility index (Phi) is 6.19. The molecule has 34 heavy (non-hydrogen) atoms. The molecule has 0 spiro atoms. The summed E-state index contributed by atoms with van der Waals surface area (Å²) in [7, 11) is -3.53. The van der Waals surface area contributed by atoms with Crippen LogP contribution in [0.4, 0.5) is 5.69 Å². The van der Waals surface area contributed by atoms with Crippen molar-refractivity contribution >= 4 is 33.0 Å². The van der Waals surface area contributed by atoms with Crippen molar-refractivity contribution in [3.05, 3.63) is 107 Å². The molecule has 0 bridgehead atoms. The van der Waals surface area contributed by atoms with Crippen molar-refractivity contribution in [2.75, 3.05) is 11.9 Å². The predicted octanol–water partition coefficient (Wildman–Crippen LogP) is 5.54. The van der Waals surface area contributed by atoms with Gasteiger partial charge in [-0.15, -0.1) is 11.3 Å².